The van der Waals surface area contributed by atoms with Gasteiger partial charge in [-0.05, 0) is 56.8 Å². The molecule has 3 aliphatic heterocycles. The summed E-state index contributed by atoms with van der Waals surface area (Å²) in [5, 5.41) is 8.99. The van der Waals surface area contributed by atoms with Gasteiger partial charge in [-0.1, -0.05) is 42.8 Å². The smallest absolute Gasteiger partial charge is 0.318 e. The van der Waals surface area contributed by atoms with Crippen molar-refractivity contribution in [3.63, 3.8) is 0 Å². The van der Waals surface area contributed by atoms with E-state index >= 15 is 0 Å². The lowest BCUT2D eigenvalue weighted by Crippen LogP contribution is -2.49. The number of ether oxygens (including phenoxy) is 1. The Kier molecular flexibility index (Phi) is 10.9. The minimum atomic E-state index is -0.945. The molecule has 0 spiro atoms. The van der Waals surface area contributed by atoms with Crippen molar-refractivity contribution in [2.24, 2.45) is 0 Å². The number of hydrogen-bond donors (Lipinski definition) is 0. The number of likely N-dealkylation sites (tertiary alicyclic amines) is 1. The number of nitrogens with zero attached hydrogens (tertiary/aromatic N) is 7. The standard InChI is InChI=1S/C32H37ClF2N6O2.C2H3N/c1-21(38-12-4-3-5-13-38)20-43-32-36-26-19-41(27-8-6-7-23-9-10-25(35)29(33)28(23)27)14-11-24(26)30(37-32)39-15-17-40(18-16-39)31(42)22(2)34;1-2-3/h6-10,21H,2-5,11-20H2,1H3;1H3. The van der Waals surface area contributed by atoms with E-state index in [-0.39, 0.29) is 11.1 Å². The van der Waals surface area contributed by atoms with Crippen LogP contribution in [0, 0.1) is 17.1 Å². The normalized spacial score (nSPS) is 17.4. The molecule has 3 aromatic rings. The van der Waals surface area contributed by atoms with Gasteiger partial charge in [-0.2, -0.15) is 15.2 Å². The second-order valence-electron chi connectivity index (χ2n) is 11.8. The lowest BCUT2D eigenvalue weighted by Gasteiger charge is -2.38. The Morgan fingerprint density at radius 3 is 2.48 bits per heavy atom. The highest BCUT2D eigenvalue weighted by Crippen LogP contribution is 2.38. The molecule has 0 radical (unpaired) electrons. The topological polar surface area (TPSA) is 88.8 Å². The van der Waals surface area contributed by atoms with Crippen LogP contribution >= 0.6 is 11.6 Å². The molecular weight excluding hydrogens is 612 g/mol. The molecule has 1 atom stereocenters. The van der Waals surface area contributed by atoms with Crippen LogP contribution in [0.5, 0.6) is 6.01 Å². The molecule has 3 aliphatic rings. The van der Waals surface area contributed by atoms with Crippen LogP contribution in [0.15, 0.2) is 42.7 Å². The first-order valence-electron chi connectivity index (χ1n) is 15.8. The Balaban J connectivity index is 0.00000134. The van der Waals surface area contributed by atoms with E-state index in [4.69, 9.17) is 31.6 Å². The fraction of sp³-hybridized carbons (Fsp3) is 0.471. The molecule has 0 saturated carbocycles. The summed E-state index contributed by atoms with van der Waals surface area (Å²) in [4.78, 5) is 30.2. The van der Waals surface area contributed by atoms with E-state index in [9.17, 15) is 13.6 Å². The lowest BCUT2D eigenvalue weighted by molar-refractivity contribution is -0.128. The van der Waals surface area contributed by atoms with Crippen molar-refractivity contribution in [1.82, 2.24) is 19.8 Å². The number of carbonyl (C=O) groups excluding carboxylic acids is 1. The van der Waals surface area contributed by atoms with Crippen LogP contribution in [0.1, 0.15) is 44.4 Å². The summed E-state index contributed by atoms with van der Waals surface area (Å²) in [5.41, 5.74) is 2.73. The first-order chi connectivity index (χ1) is 22.2. The van der Waals surface area contributed by atoms with Gasteiger partial charge < -0.3 is 19.4 Å². The number of carbonyl (C=O) groups is 1. The third-order valence-corrected chi connectivity index (χ3v) is 9.21. The summed E-state index contributed by atoms with van der Waals surface area (Å²) in [6.45, 7) is 12.3. The molecular formula is C34H40ClF2N7O2. The van der Waals surface area contributed by atoms with E-state index < -0.39 is 17.6 Å². The molecule has 4 heterocycles. The number of piperazine rings is 1. The van der Waals surface area contributed by atoms with Gasteiger partial charge in [0.15, 0.2) is 5.83 Å². The zero-order valence-electron chi connectivity index (χ0n) is 26.4. The number of hydrogen-bond acceptors (Lipinski definition) is 8. The number of fused-ring (bicyclic) bond motifs is 2. The average Bonchev–Trinajstić information content (AvgIpc) is 3.08. The van der Waals surface area contributed by atoms with E-state index in [1.807, 2.05) is 18.2 Å². The summed E-state index contributed by atoms with van der Waals surface area (Å²) >= 11 is 6.48. The maximum absolute atomic E-state index is 14.5. The van der Waals surface area contributed by atoms with Gasteiger partial charge in [0.2, 0.25) is 0 Å². The molecule has 2 aromatic carbocycles. The Morgan fingerprint density at radius 2 is 1.78 bits per heavy atom. The molecule has 0 bridgehead atoms. The van der Waals surface area contributed by atoms with Gasteiger partial charge in [0.05, 0.1) is 23.3 Å². The molecule has 0 aliphatic carbocycles. The predicted octanol–water partition coefficient (Wildman–Crippen LogP) is 5.90. The van der Waals surface area contributed by atoms with E-state index in [0.717, 1.165) is 41.2 Å². The molecule has 46 heavy (non-hydrogen) atoms. The second-order valence-corrected chi connectivity index (χ2v) is 12.2. The van der Waals surface area contributed by atoms with Gasteiger partial charge in [-0.15, -0.1) is 0 Å². The van der Waals surface area contributed by atoms with Crippen molar-refractivity contribution >= 4 is 39.8 Å². The number of nitriles is 1. The fourth-order valence-electron chi connectivity index (χ4n) is 6.43. The molecule has 1 amide bonds. The van der Waals surface area contributed by atoms with Crippen molar-refractivity contribution < 1.29 is 18.3 Å². The average molecular weight is 652 g/mol. The second kappa shape index (κ2) is 15.1. The number of aromatic nitrogens is 2. The third kappa shape index (κ3) is 7.34. The molecule has 12 heteroatoms. The number of anilines is 2. The minimum absolute atomic E-state index is 0.112. The fourth-order valence-corrected chi connectivity index (χ4v) is 6.70. The van der Waals surface area contributed by atoms with Crippen LogP contribution in [0.25, 0.3) is 10.8 Å². The molecule has 244 valence electrons. The molecule has 9 nitrogen and oxygen atoms in total. The molecule has 6 rings (SSSR count). The van der Waals surface area contributed by atoms with Crippen LogP contribution in [-0.2, 0) is 17.8 Å². The van der Waals surface area contributed by atoms with E-state index in [1.165, 1.54) is 37.2 Å². The zero-order chi connectivity index (χ0) is 32.8. The lowest BCUT2D eigenvalue weighted by atomic mass is 10.0. The van der Waals surface area contributed by atoms with E-state index in [0.29, 0.717) is 63.7 Å². The minimum Gasteiger partial charge on any atom is -0.462 e. The van der Waals surface area contributed by atoms with Crippen molar-refractivity contribution in [3.8, 4) is 12.1 Å². The summed E-state index contributed by atoms with van der Waals surface area (Å²) in [7, 11) is 0. The van der Waals surface area contributed by atoms with E-state index in [1.54, 1.807) is 12.1 Å². The van der Waals surface area contributed by atoms with Gasteiger partial charge in [-0.25, -0.2) is 8.78 Å². The van der Waals surface area contributed by atoms with Gasteiger partial charge in [-0.3, -0.25) is 9.69 Å². The van der Waals surface area contributed by atoms with Crippen LogP contribution in [0.3, 0.4) is 0 Å². The van der Waals surface area contributed by atoms with Crippen LogP contribution in [0.2, 0.25) is 5.02 Å². The number of benzene rings is 2. The van der Waals surface area contributed by atoms with Crippen molar-refractivity contribution in [2.75, 3.05) is 62.2 Å². The highest BCUT2D eigenvalue weighted by atomic mass is 35.5. The SMILES string of the molecule is C=C(F)C(=O)N1CCN(c2nc(OCC(C)N3CCCCC3)nc3c2CCN(c2cccc4ccc(F)c(Cl)c24)C3)CC1.CC#N. The first-order valence-corrected chi connectivity index (χ1v) is 16.2. The van der Waals surface area contributed by atoms with Crippen molar-refractivity contribution in [1.29, 1.82) is 5.26 Å². The number of rotatable bonds is 7. The Bertz CT molecular complexity index is 1620. The van der Waals surface area contributed by atoms with Gasteiger partial charge >= 0.3 is 6.01 Å². The largest absolute Gasteiger partial charge is 0.462 e. The maximum Gasteiger partial charge on any atom is 0.318 e. The third-order valence-electron chi connectivity index (χ3n) is 8.84. The molecule has 1 aromatic heterocycles. The maximum atomic E-state index is 14.5. The van der Waals surface area contributed by atoms with E-state index in [2.05, 4.69) is 28.2 Å². The van der Waals surface area contributed by atoms with Crippen LogP contribution in [0.4, 0.5) is 20.3 Å². The quantitative estimate of drug-likeness (QED) is 0.292. The highest BCUT2D eigenvalue weighted by molar-refractivity contribution is 6.36. The van der Waals surface area contributed by atoms with Gasteiger partial charge in [0, 0.05) is 62.3 Å². The Hall–Kier alpha value is -4.01. The van der Waals surface area contributed by atoms with Gasteiger partial charge in [0.1, 0.15) is 18.2 Å². The monoisotopic (exact) mass is 651 g/mol. The number of halogens is 3. The van der Waals surface area contributed by atoms with Crippen LogP contribution in [-0.4, -0.2) is 84.1 Å². The first kappa shape index (κ1) is 33.4. The Morgan fingerprint density at radius 1 is 1.07 bits per heavy atom. The summed E-state index contributed by atoms with van der Waals surface area (Å²) in [6.07, 6.45) is 4.33. The van der Waals surface area contributed by atoms with Gasteiger partial charge in [0.25, 0.3) is 5.91 Å². The highest BCUT2D eigenvalue weighted by Gasteiger charge is 2.30. The summed E-state index contributed by atoms with van der Waals surface area (Å²) < 4.78 is 34.3. The summed E-state index contributed by atoms with van der Waals surface area (Å²) in [6, 6.07) is 11.3. The summed E-state index contributed by atoms with van der Waals surface area (Å²) in [5.74, 6) is -1.27. The molecule has 2 fully saturated rings. The number of amides is 1. The number of piperidine rings is 1. The molecule has 2 saturated heterocycles. The molecule has 1 unspecified atom stereocenters. The van der Waals surface area contributed by atoms with Crippen LogP contribution < -0.4 is 14.5 Å². The predicted molar refractivity (Wildman–Crippen MR) is 176 cm³/mol. The van der Waals surface area contributed by atoms with Crippen molar-refractivity contribution in [2.45, 2.75) is 52.1 Å². The molecule has 0 N–H and O–H groups in total. The zero-order valence-corrected chi connectivity index (χ0v) is 27.2. The van der Waals surface area contributed by atoms with Crippen molar-refractivity contribution in [3.05, 3.63) is 64.8 Å². The Labute approximate surface area is 274 Å².